The van der Waals surface area contributed by atoms with Gasteiger partial charge in [-0.25, -0.2) is 0 Å². The first kappa shape index (κ1) is 15.4. The van der Waals surface area contributed by atoms with Crippen molar-refractivity contribution in [3.63, 3.8) is 0 Å². The first-order valence-electron chi connectivity index (χ1n) is 6.95. The van der Waals surface area contributed by atoms with Crippen molar-refractivity contribution >= 4 is 5.97 Å². The molecule has 1 rings (SSSR count). The van der Waals surface area contributed by atoms with Gasteiger partial charge in [0.1, 0.15) is 5.54 Å². The van der Waals surface area contributed by atoms with Crippen LogP contribution in [0.3, 0.4) is 0 Å². The molecule has 0 spiro atoms. The van der Waals surface area contributed by atoms with E-state index in [1.54, 1.807) is 0 Å². The van der Waals surface area contributed by atoms with Gasteiger partial charge in [-0.15, -0.1) is 0 Å². The minimum Gasteiger partial charge on any atom is -0.465 e. The van der Waals surface area contributed by atoms with Crippen molar-refractivity contribution in [2.75, 3.05) is 40.3 Å². The Hall–Kier alpha value is -0.610. The summed E-state index contributed by atoms with van der Waals surface area (Å²) >= 11 is 0. The molecule has 1 aliphatic rings. The lowest BCUT2D eigenvalue weighted by Gasteiger charge is -2.38. The summed E-state index contributed by atoms with van der Waals surface area (Å²) in [5.41, 5.74) is -0.536. The third kappa shape index (κ3) is 3.95. The molecule has 4 heteroatoms. The molecule has 1 saturated heterocycles. The number of likely N-dealkylation sites (tertiary alicyclic amines) is 1. The number of esters is 1. The Balaban J connectivity index is 2.52. The highest BCUT2D eigenvalue weighted by Crippen LogP contribution is 2.21. The maximum Gasteiger partial charge on any atom is 0.325 e. The van der Waals surface area contributed by atoms with Gasteiger partial charge in [0.25, 0.3) is 0 Å². The number of rotatable bonds is 5. The standard InChI is InChI=1S/C14H28N2O2/c1-6-18-13(17)14(2,3)16(5)11-12-8-7-9-15(4)10-12/h12H,6-11H2,1-5H3. The number of hydrogen-bond acceptors (Lipinski definition) is 4. The molecular weight excluding hydrogens is 228 g/mol. The van der Waals surface area contributed by atoms with Crippen molar-refractivity contribution < 1.29 is 9.53 Å². The molecule has 4 nitrogen and oxygen atoms in total. The summed E-state index contributed by atoms with van der Waals surface area (Å²) in [6, 6.07) is 0. The molecule has 1 atom stereocenters. The molecule has 0 aromatic rings. The summed E-state index contributed by atoms with van der Waals surface area (Å²) in [6.07, 6.45) is 2.52. The first-order valence-corrected chi connectivity index (χ1v) is 6.95. The van der Waals surface area contributed by atoms with Crippen LogP contribution < -0.4 is 0 Å². The van der Waals surface area contributed by atoms with Gasteiger partial charge in [0.05, 0.1) is 6.61 Å². The molecule has 0 aliphatic carbocycles. The Morgan fingerprint density at radius 3 is 2.72 bits per heavy atom. The lowest BCUT2D eigenvalue weighted by atomic mass is 9.95. The molecule has 0 radical (unpaired) electrons. The molecule has 0 bridgehead atoms. The van der Waals surface area contributed by atoms with Gasteiger partial charge in [-0.05, 0) is 60.2 Å². The van der Waals surface area contributed by atoms with Gasteiger partial charge in [-0.2, -0.15) is 0 Å². The van der Waals surface area contributed by atoms with Crippen LogP contribution in [0, 0.1) is 5.92 Å². The van der Waals surface area contributed by atoms with E-state index < -0.39 is 5.54 Å². The van der Waals surface area contributed by atoms with Crippen LogP contribution >= 0.6 is 0 Å². The Labute approximate surface area is 111 Å². The molecule has 0 aromatic carbocycles. The smallest absolute Gasteiger partial charge is 0.325 e. The molecule has 1 unspecified atom stereocenters. The first-order chi connectivity index (χ1) is 8.37. The van der Waals surface area contributed by atoms with Crippen molar-refractivity contribution in [1.82, 2.24) is 9.80 Å². The van der Waals surface area contributed by atoms with Crippen LogP contribution in [0.25, 0.3) is 0 Å². The average Bonchev–Trinajstić information content (AvgIpc) is 2.29. The number of ether oxygens (including phenoxy) is 1. The molecular formula is C14H28N2O2. The fourth-order valence-corrected chi connectivity index (χ4v) is 2.50. The molecule has 0 N–H and O–H groups in total. The molecule has 1 heterocycles. The fraction of sp³-hybridized carbons (Fsp3) is 0.929. The van der Waals surface area contributed by atoms with E-state index in [1.807, 2.05) is 27.8 Å². The topological polar surface area (TPSA) is 32.8 Å². The van der Waals surface area contributed by atoms with Gasteiger partial charge in [0, 0.05) is 13.1 Å². The van der Waals surface area contributed by atoms with E-state index in [4.69, 9.17) is 4.74 Å². The summed E-state index contributed by atoms with van der Waals surface area (Å²) < 4.78 is 5.15. The summed E-state index contributed by atoms with van der Waals surface area (Å²) in [5.74, 6) is 0.527. The lowest BCUT2D eigenvalue weighted by molar-refractivity contribution is -0.155. The average molecular weight is 256 g/mol. The lowest BCUT2D eigenvalue weighted by Crippen LogP contribution is -2.51. The zero-order valence-electron chi connectivity index (χ0n) is 12.5. The van der Waals surface area contributed by atoms with Gasteiger partial charge < -0.3 is 9.64 Å². The molecule has 1 aliphatic heterocycles. The van der Waals surface area contributed by atoms with Crippen LogP contribution in [0.15, 0.2) is 0 Å². The number of carbonyl (C=O) groups excluding carboxylic acids is 1. The zero-order valence-corrected chi connectivity index (χ0v) is 12.5. The van der Waals surface area contributed by atoms with Gasteiger partial charge in [-0.1, -0.05) is 0 Å². The quantitative estimate of drug-likeness (QED) is 0.700. The summed E-state index contributed by atoms with van der Waals surface area (Å²) in [5, 5.41) is 0. The normalized spacial score (nSPS) is 22.2. The summed E-state index contributed by atoms with van der Waals surface area (Å²) in [4.78, 5) is 16.4. The van der Waals surface area contributed by atoms with Crippen molar-refractivity contribution in [2.24, 2.45) is 5.92 Å². The monoisotopic (exact) mass is 256 g/mol. The van der Waals surface area contributed by atoms with Crippen molar-refractivity contribution in [3.05, 3.63) is 0 Å². The number of piperidine rings is 1. The minimum absolute atomic E-state index is 0.128. The van der Waals surface area contributed by atoms with E-state index >= 15 is 0 Å². The van der Waals surface area contributed by atoms with Crippen molar-refractivity contribution in [2.45, 2.75) is 39.2 Å². The van der Waals surface area contributed by atoms with E-state index in [1.165, 1.54) is 19.4 Å². The molecule has 0 saturated carbocycles. The second kappa shape index (κ2) is 6.53. The van der Waals surface area contributed by atoms with Crippen LogP contribution in [0.2, 0.25) is 0 Å². The van der Waals surface area contributed by atoms with Crippen molar-refractivity contribution in [1.29, 1.82) is 0 Å². The highest BCUT2D eigenvalue weighted by Gasteiger charge is 2.35. The Kier molecular flexibility index (Phi) is 5.60. The Bertz CT molecular complexity index is 279. The highest BCUT2D eigenvalue weighted by molar-refractivity contribution is 5.79. The van der Waals surface area contributed by atoms with Crippen LogP contribution in [-0.4, -0.2) is 61.6 Å². The number of likely N-dealkylation sites (N-methyl/N-ethyl adjacent to an activating group) is 1. The third-order valence-corrected chi connectivity index (χ3v) is 3.98. The summed E-state index contributed by atoms with van der Waals surface area (Å²) in [7, 11) is 4.19. The van der Waals surface area contributed by atoms with E-state index in [9.17, 15) is 4.79 Å². The maximum absolute atomic E-state index is 11.9. The molecule has 18 heavy (non-hydrogen) atoms. The molecule has 0 aromatic heterocycles. The van der Waals surface area contributed by atoms with Gasteiger partial charge >= 0.3 is 5.97 Å². The number of hydrogen-bond donors (Lipinski definition) is 0. The number of carbonyl (C=O) groups is 1. The van der Waals surface area contributed by atoms with E-state index in [2.05, 4.69) is 16.8 Å². The highest BCUT2D eigenvalue weighted by atomic mass is 16.5. The van der Waals surface area contributed by atoms with Crippen LogP contribution in [0.1, 0.15) is 33.6 Å². The number of nitrogens with zero attached hydrogens (tertiary/aromatic N) is 2. The second-order valence-corrected chi connectivity index (χ2v) is 5.93. The van der Waals surface area contributed by atoms with Crippen LogP contribution in [-0.2, 0) is 9.53 Å². The molecule has 0 amide bonds. The van der Waals surface area contributed by atoms with E-state index in [0.717, 1.165) is 13.1 Å². The van der Waals surface area contributed by atoms with Gasteiger partial charge in [0.15, 0.2) is 0 Å². The zero-order chi connectivity index (χ0) is 13.8. The van der Waals surface area contributed by atoms with Gasteiger partial charge in [-0.3, -0.25) is 9.69 Å². The SMILES string of the molecule is CCOC(=O)C(C)(C)N(C)CC1CCCN(C)C1. The molecule has 1 fully saturated rings. The van der Waals surface area contributed by atoms with Crippen LogP contribution in [0.4, 0.5) is 0 Å². The fourth-order valence-electron chi connectivity index (χ4n) is 2.50. The van der Waals surface area contributed by atoms with Crippen LogP contribution in [0.5, 0.6) is 0 Å². The largest absolute Gasteiger partial charge is 0.465 e. The maximum atomic E-state index is 11.9. The third-order valence-electron chi connectivity index (χ3n) is 3.98. The van der Waals surface area contributed by atoms with E-state index in [0.29, 0.717) is 12.5 Å². The van der Waals surface area contributed by atoms with Gasteiger partial charge in [0.2, 0.25) is 0 Å². The van der Waals surface area contributed by atoms with Crippen molar-refractivity contribution in [3.8, 4) is 0 Å². The Morgan fingerprint density at radius 2 is 2.17 bits per heavy atom. The Morgan fingerprint density at radius 1 is 1.50 bits per heavy atom. The predicted molar refractivity (Wildman–Crippen MR) is 73.6 cm³/mol. The summed E-state index contributed by atoms with van der Waals surface area (Å²) in [6.45, 7) is 9.46. The predicted octanol–water partition coefficient (Wildman–Crippen LogP) is 1.60. The molecule has 106 valence electrons. The second-order valence-electron chi connectivity index (χ2n) is 5.93. The minimum atomic E-state index is -0.536. The van der Waals surface area contributed by atoms with E-state index in [-0.39, 0.29) is 5.97 Å².